The summed E-state index contributed by atoms with van der Waals surface area (Å²) in [5.74, 6) is 0. The summed E-state index contributed by atoms with van der Waals surface area (Å²) >= 11 is 0. The summed E-state index contributed by atoms with van der Waals surface area (Å²) in [7, 11) is -2.18. The lowest BCUT2D eigenvalue weighted by molar-refractivity contribution is 0.464. The van der Waals surface area contributed by atoms with E-state index in [-0.39, 0.29) is 6.54 Å². The van der Waals surface area contributed by atoms with Gasteiger partial charge in [0.05, 0.1) is 12.5 Å². The maximum atomic E-state index is 10.7. The third kappa shape index (κ3) is 2.33. The zero-order valence-corrected chi connectivity index (χ0v) is 7.41. The lowest BCUT2D eigenvalue weighted by atomic mass is 10.3. The topological polar surface area (TPSA) is 76.5 Å². The molecule has 0 aliphatic carbocycles. The van der Waals surface area contributed by atoms with E-state index in [1.807, 2.05) is 0 Å². The Labute approximate surface area is 71.0 Å². The molecule has 0 aliphatic rings. The Morgan fingerprint density at radius 3 is 2.75 bits per heavy atom. The second kappa shape index (κ2) is 3.26. The molecule has 5 nitrogen and oxygen atoms in total. The Kier molecular flexibility index (Phi) is 2.51. The van der Waals surface area contributed by atoms with E-state index in [4.69, 9.17) is 9.56 Å². The van der Waals surface area contributed by atoms with E-state index in [0.717, 1.165) is 9.87 Å². The minimum absolute atomic E-state index is 0.231. The van der Waals surface area contributed by atoms with Crippen molar-refractivity contribution in [3.8, 4) is 0 Å². The summed E-state index contributed by atoms with van der Waals surface area (Å²) in [6.07, 6.45) is 2.95. The quantitative estimate of drug-likeness (QED) is 0.724. The van der Waals surface area contributed by atoms with Gasteiger partial charge < -0.3 is 4.42 Å². The van der Waals surface area contributed by atoms with E-state index in [0.29, 0.717) is 0 Å². The largest absolute Gasteiger partial charge is 0.472 e. The summed E-state index contributed by atoms with van der Waals surface area (Å²) in [5, 5.41) is 4.86. The van der Waals surface area contributed by atoms with Gasteiger partial charge in [-0.25, -0.2) is 5.14 Å². The van der Waals surface area contributed by atoms with Gasteiger partial charge in [0, 0.05) is 19.2 Å². The zero-order valence-electron chi connectivity index (χ0n) is 6.60. The highest BCUT2D eigenvalue weighted by Gasteiger charge is 2.11. The first-order chi connectivity index (χ1) is 5.50. The maximum Gasteiger partial charge on any atom is 0.276 e. The first kappa shape index (κ1) is 9.24. The lowest BCUT2D eigenvalue weighted by Gasteiger charge is -2.11. The fraction of sp³-hybridized carbons (Fsp3) is 0.333. The van der Waals surface area contributed by atoms with Crippen LogP contribution in [0.4, 0.5) is 0 Å². The number of nitrogens with two attached hydrogens (primary N) is 1. The molecule has 0 saturated carbocycles. The minimum atomic E-state index is -3.59. The van der Waals surface area contributed by atoms with Gasteiger partial charge in [-0.15, -0.1) is 0 Å². The molecule has 1 rings (SSSR count). The van der Waals surface area contributed by atoms with Crippen LogP contribution in [0, 0.1) is 0 Å². The molecular formula is C6H10N2O3S. The molecule has 0 atom stereocenters. The van der Waals surface area contributed by atoms with Gasteiger partial charge in [0.2, 0.25) is 0 Å². The van der Waals surface area contributed by atoms with E-state index in [2.05, 4.69) is 0 Å². The summed E-state index contributed by atoms with van der Waals surface area (Å²) in [5.41, 5.74) is 0.770. The van der Waals surface area contributed by atoms with Crippen LogP contribution in [-0.2, 0) is 16.8 Å². The van der Waals surface area contributed by atoms with E-state index >= 15 is 0 Å². The predicted molar refractivity (Wildman–Crippen MR) is 43.3 cm³/mol. The zero-order chi connectivity index (χ0) is 9.19. The van der Waals surface area contributed by atoms with Crippen molar-refractivity contribution >= 4 is 10.2 Å². The van der Waals surface area contributed by atoms with Crippen molar-refractivity contribution in [1.82, 2.24) is 4.31 Å². The monoisotopic (exact) mass is 190 g/mol. The van der Waals surface area contributed by atoms with Gasteiger partial charge in [-0.3, -0.25) is 0 Å². The third-order valence-corrected chi connectivity index (χ3v) is 2.42. The van der Waals surface area contributed by atoms with Crippen molar-refractivity contribution in [2.24, 2.45) is 5.14 Å². The van der Waals surface area contributed by atoms with Gasteiger partial charge in [-0.2, -0.15) is 12.7 Å². The van der Waals surface area contributed by atoms with Crippen molar-refractivity contribution < 1.29 is 12.8 Å². The van der Waals surface area contributed by atoms with Crippen molar-refractivity contribution in [1.29, 1.82) is 0 Å². The lowest BCUT2D eigenvalue weighted by Crippen LogP contribution is -2.32. The number of hydrogen-bond acceptors (Lipinski definition) is 3. The molecule has 2 N–H and O–H groups in total. The molecular weight excluding hydrogens is 180 g/mol. The highest BCUT2D eigenvalue weighted by atomic mass is 32.2. The van der Waals surface area contributed by atoms with Gasteiger partial charge in [-0.05, 0) is 6.07 Å². The second-order valence-corrected chi connectivity index (χ2v) is 4.09. The normalized spacial score (nSPS) is 12.2. The Morgan fingerprint density at radius 2 is 2.33 bits per heavy atom. The molecule has 0 bridgehead atoms. The molecule has 0 radical (unpaired) electrons. The van der Waals surface area contributed by atoms with Crippen LogP contribution >= 0.6 is 0 Å². The fourth-order valence-corrected chi connectivity index (χ4v) is 1.06. The molecule has 0 unspecified atom stereocenters. The Hall–Kier alpha value is -0.850. The predicted octanol–water partition coefficient (Wildman–Crippen LogP) is -0.0851. The van der Waals surface area contributed by atoms with Crippen molar-refractivity contribution in [3.05, 3.63) is 24.2 Å². The number of nitrogens with zero attached hydrogens (tertiary/aromatic N) is 1. The molecule has 0 saturated heterocycles. The van der Waals surface area contributed by atoms with Gasteiger partial charge in [0.1, 0.15) is 0 Å². The van der Waals surface area contributed by atoms with Gasteiger partial charge in [0.15, 0.2) is 0 Å². The maximum absolute atomic E-state index is 10.7. The van der Waals surface area contributed by atoms with Crippen molar-refractivity contribution in [2.45, 2.75) is 6.54 Å². The van der Waals surface area contributed by atoms with Crippen LogP contribution in [0.5, 0.6) is 0 Å². The molecule has 0 aliphatic heterocycles. The van der Waals surface area contributed by atoms with Gasteiger partial charge >= 0.3 is 0 Å². The minimum Gasteiger partial charge on any atom is -0.472 e. The van der Waals surface area contributed by atoms with E-state index in [9.17, 15) is 8.42 Å². The highest BCUT2D eigenvalue weighted by molar-refractivity contribution is 7.86. The van der Waals surface area contributed by atoms with Crippen molar-refractivity contribution in [3.63, 3.8) is 0 Å². The Balaban J connectivity index is 2.66. The molecule has 1 aromatic heterocycles. The molecule has 68 valence electrons. The summed E-state index contributed by atoms with van der Waals surface area (Å²) in [6, 6.07) is 1.68. The van der Waals surface area contributed by atoms with Crippen LogP contribution < -0.4 is 5.14 Å². The van der Waals surface area contributed by atoms with Crippen LogP contribution in [0.2, 0.25) is 0 Å². The van der Waals surface area contributed by atoms with Crippen LogP contribution in [0.15, 0.2) is 23.0 Å². The first-order valence-electron chi connectivity index (χ1n) is 3.25. The molecule has 1 aromatic rings. The summed E-state index contributed by atoms with van der Waals surface area (Å²) < 4.78 is 27.3. The molecule has 6 heteroatoms. The van der Waals surface area contributed by atoms with E-state index in [1.165, 1.54) is 19.6 Å². The number of furan rings is 1. The average molecular weight is 190 g/mol. The SMILES string of the molecule is CN(Cc1ccoc1)S(N)(=O)=O. The van der Waals surface area contributed by atoms with Crippen LogP contribution in [-0.4, -0.2) is 19.8 Å². The Morgan fingerprint density at radius 1 is 1.67 bits per heavy atom. The summed E-state index contributed by atoms with van der Waals surface area (Å²) in [4.78, 5) is 0. The molecule has 1 heterocycles. The highest BCUT2D eigenvalue weighted by Crippen LogP contribution is 2.04. The van der Waals surface area contributed by atoms with Gasteiger partial charge in [-0.1, -0.05) is 0 Å². The second-order valence-electron chi connectivity index (χ2n) is 2.43. The van der Waals surface area contributed by atoms with Gasteiger partial charge in [0.25, 0.3) is 10.2 Å². The van der Waals surface area contributed by atoms with Crippen LogP contribution in [0.1, 0.15) is 5.56 Å². The van der Waals surface area contributed by atoms with Crippen molar-refractivity contribution in [2.75, 3.05) is 7.05 Å². The smallest absolute Gasteiger partial charge is 0.276 e. The number of rotatable bonds is 3. The summed E-state index contributed by atoms with van der Waals surface area (Å²) in [6.45, 7) is 0.231. The standard InChI is InChI=1S/C6H10N2O3S/c1-8(12(7,9)10)4-6-2-3-11-5-6/h2-3,5H,4H2,1H3,(H2,7,9,10). The average Bonchev–Trinajstić information content (AvgIpc) is 2.37. The Bertz CT molecular complexity index is 330. The van der Waals surface area contributed by atoms with Crippen LogP contribution in [0.3, 0.4) is 0 Å². The molecule has 0 aromatic carbocycles. The molecule has 0 amide bonds. The van der Waals surface area contributed by atoms with Crippen LogP contribution in [0.25, 0.3) is 0 Å². The fourth-order valence-electron chi connectivity index (χ4n) is 0.730. The molecule has 0 spiro atoms. The molecule has 12 heavy (non-hydrogen) atoms. The van der Waals surface area contributed by atoms with E-state index in [1.54, 1.807) is 6.07 Å². The van der Waals surface area contributed by atoms with E-state index < -0.39 is 10.2 Å². The third-order valence-electron chi connectivity index (χ3n) is 1.42. The number of hydrogen-bond donors (Lipinski definition) is 1. The first-order valence-corrected chi connectivity index (χ1v) is 4.75. The molecule has 0 fully saturated rings.